The lowest BCUT2D eigenvalue weighted by Gasteiger charge is -2.32. The van der Waals surface area contributed by atoms with Gasteiger partial charge in [0.15, 0.2) is 11.5 Å². The molecule has 0 spiro atoms. The van der Waals surface area contributed by atoms with Gasteiger partial charge in [-0.3, -0.25) is 4.79 Å². The molecule has 0 saturated carbocycles. The molecule has 0 aliphatic carbocycles. The molecule has 0 saturated heterocycles. The second-order valence-corrected chi connectivity index (χ2v) is 5.98. The van der Waals surface area contributed by atoms with Crippen molar-refractivity contribution in [1.29, 1.82) is 0 Å². The zero-order valence-electron chi connectivity index (χ0n) is 14.8. The number of aliphatic hydroxyl groups is 1. The van der Waals surface area contributed by atoms with Gasteiger partial charge in [-0.15, -0.1) is 0 Å². The van der Waals surface area contributed by atoms with E-state index in [1.54, 1.807) is 19.1 Å². The first-order valence-electron chi connectivity index (χ1n) is 8.05. The molecule has 9 heteroatoms. The van der Waals surface area contributed by atoms with Crippen molar-refractivity contribution < 1.29 is 32.5 Å². The van der Waals surface area contributed by atoms with Crippen molar-refractivity contribution in [3.05, 3.63) is 23.8 Å². The van der Waals surface area contributed by atoms with Crippen LogP contribution >= 0.6 is 0 Å². The van der Waals surface area contributed by atoms with Crippen molar-refractivity contribution in [2.75, 3.05) is 14.2 Å². The van der Waals surface area contributed by atoms with Crippen molar-refractivity contribution in [2.24, 2.45) is 5.10 Å². The van der Waals surface area contributed by atoms with Crippen molar-refractivity contribution in [2.45, 2.75) is 44.5 Å². The third kappa shape index (κ3) is 3.77. The molecule has 0 radical (unpaired) electrons. The molecule has 1 aliphatic heterocycles. The minimum absolute atomic E-state index is 0.146. The average molecular weight is 374 g/mol. The van der Waals surface area contributed by atoms with Gasteiger partial charge in [-0.25, -0.2) is 0 Å². The van der Waals surface area contributed by atoms with Crippen LogP contribution in [0.3, 0.4) is 0 Å². The minimum atomic E-state index is -5.01. The van der Waals surface area contributed by atoms with Gasteiger partial charge in [0.2, 0.25) is 5.91 Å². The molecule has 1 heterocycles. The van der Waals surface area contributed by atoms with Gasteiger partial charge in [-0.2, -0.15) is 23.3 Å². The predicted octanol–water partition coefficient (Wildman–Crippen LogP) is 2.89. The Hall–Kier alpha value is -2.29. The molecule has 1 amide bonds. The fourth-order valence-electron chi connectivity index (χ4n) is 2.77. The van der Waals surface area contributed by atoms with Crippen LogP contribution in [0.1, 0.15) is 31.7 Å². The molecule has 144 valence electrons. The van der Waals surface area contributed by atoms with Crippen LogP contribution in [0, 0.1) is 0 Å². The summed E-state index contributed by atoms with van der Waals surface area (Å²) < 4.78 is 50.3. The smallest absolute Gasteiger partial charge is 0.438 e. The van der Waals surface area contributed by atoms with Gasteiger partial charge in [0, 0.05) is 12.1 Å². The van der Waals surface area contributed by atoms with Gasteiger partial charge in [0.1, 0.15) is 0 Å². The van der Waals surface area contributed by atoms with Crippen LogP contribution in [0.2, 0.25) is 0 Å². The SMILES string of the molecule is CCCC1=NN(C(=O)Cc2ccc(OC)c(OC)c2)[C@](O)(C(F)(F)F)C1. The quantitative estimate of drug-likeness (QED) is 0.831. The van der Waals surface area contributed by atoms with Gasteiger partial charge in [0.05, 0.1) is 20.6 Å². The lowest BCUT2D eigenvalue weighted by molar-refractivity contribution is -0.302. The number of rotatable bonds is 6. The van der Waals surface area contributed by atoms with Gasteiger partial charge in [0.25, 0.3) is 5.72 Å². The number of hydrogen-bond donors (Lipinski definition) is 1. The lowest BCUT2D eigenvalue weighted by Crippen LogP contribution is -2.57. The lowest BCUT2D eigenvalue weighted by atomic mass is 10.0. The van der Waals surface area contributed by atoms with Crippen LogP contribution in [0.4, 0.5) is 13.2 Å². The van der Waals surface area contributed by atoms with Crippen LogP contribution < -0.4 is 9.47 Å². The van der Waals surface area contributed by atoms with Gasteiger partial charge < -0.3 is 14.6 Å². The Labute approximate surface area is 149 Å². The summed E-state index contributed by atoms with van der Waals surface area (Å²) in [5, 5.41) is 14.0. The highest BCUT2D eigenvalue weighted by Crippen LogP contribution is 2.41. The Morgan fingerprint density at radius 2 is 1.96 bits per heavy atom. The molecule has 0 bridgehead atoms. The molecule has 0 unspecified atom stereocenters. The molecule has 6 nitrogen and oxygen atoms in total. The Kier molecular flexibility index (Phi) is 5.80. The first kappa shape index (κ1) is 20.0. The molecule has 2 rings (SSSR count). The number of hydrogen-bond acceptors (Lipinski definition) is 5. The van der Waals surface area contributed by atoms with Crippen LogP contribution in [0.5, 0.6) is 11.5 Å². The van der Waals surface area contributed by atoms with E-state index in [9.17, 15) is 23.1 Å². The van der Waals surface area contributed by atoms with Crippen LogP contribution in [0.15, 0.2) is 23.3 Å². The number of hydrazone groups is 1. The Balaban J connectivity index is 2.28. The third-order valence-corrected chi connectivity index (χ3v) is 4.07. The van der Waals surface area contributed by atoms with Crippen molar-refractivity contribution in [3.8, 4) is 11.5 Å². The molecule has 1 atom stereocenters. The Morgan fingerprint density at radius 1 is 1.31 bits per heavy atom. The molecule has 1 aromatic carbocycles. The summed E-state index contributed by atoms with van der Waals surface area (Å²) >= 11 is 0. The fourth-order valence-corrected chi connectivity index (χ4v) is 2.77. The first-order valence-corrected chi connectivity index (χ1v) is 8.05. The van der Waals surface area contributed by atoms with E-state index in [1.165, 1.54) is 20.3 Å². The van der Waals surface area contributed by atoms with Crippen molar-refractivity contribution in [1.82, 2.24) is 5.01 Å². The summed E-state index contributed by atoms with van der Waals surface area (Å²) in [5.41, 5.74) is -2.75. The summed E-state index contributed by atoms with van der Waals surface area (Å²) in [6.07, 6.45) is -5.29. The maximum atomic E-state index is 13.4. The van der Waals surface area contributed by atoms with Crippen molar-refractivity contribution in [3.63, 3.8) is 0 Å². The van der Waals surface area contributed by atoms with E-state index in [-0.39, 0.29) is 23.6 Å². The maximum absolute atomic E-state index is 13.4. The predicted molar refractivity (Wildman–Crippen MR) is 88.1 cm³/mol. The first-order chi connectivity index (χ1) is 12.2. The highest BCUT2D eigenvalue weighted by atomic mass is 19.4. The van der Waals surface area contributed by atoms with E-state index in [1.807, 2.05) is 0 Å². The van der Waals surface area contributed by atoms with E-state index in [2.05, 4.69) is 5.10 Å². The molecule has 1 aromatic rings. The van der Waals surface area contributed by atoms with E-state index in [0.29, 0.717) is 23.5 Å². The largest absolute Gasteiger partial charge is 0.493 e. The maximum Gasteiger partial charge on any atom is 0.438 e. The van der Waals surface area contributed by atoms with Crippen LogP contribution in [0.25, 0.3) is 0 Å². The van der Waals surface area contributed by atoms with E-state index in [0.717, 1.165) is 0 Å². The molecule has 1 N–H and O–H groups in total. The van der Waals surface area contributed by atoms with E-state index < -0.39 is 24.2 Å². The molecule has 26 heavy (non-hydrogen) atoms. The number of carbonyl (C=O) groups is 1. The zero-order valence-corrected chi connectivity index (χ0v) is 14.8. The highest BCUT2D eigenvalue weighted by molar-refractivity contribution is 5.91. The molecule has 0 aromatic heterocycles. The topological polar surface area (TPSA) is 71.4 Å². The number of ether oxygens (including phenoxy) is 2. The summed E-state index contributed by atoms with van der Waals surface area (Å²) in [6, 6.07) is 4.59. The number of nitrogens with zero attached hydrogens (tertiary/aromatic N) is 2. The average Bonchev–Trinajstić information content (AvgIpc) is 2.93. The number of carbonyl (C=O) groups excluding carboxylic acids is 1. The highest BCUT2D eigenvalue weighted by Gasteiger charge is 2.62. The molecular weight excluding hydrogens is 353 g/mol. The summed E-state index contributed by atoms with van der Waals surface area (Å²) in [6.45, 7) is 1.78. The number of benzene rings is 1. The summed E-state index contributed by atoms with van der Waals surface area (Å²) in [7, 11) is 2.86. The van der Waals surface area contributed by atoms with Gasteiger partial charge >= 0.3 is 6.18 Å². The zero-order chi connectivity index (χ0) is 19.5. The standard InChI is InChI=1S/C17H21F3N2O4/c1-4-5-12-10-16(24,17(18,19)20)22(21-12)15(23)9-11-6-7-13(25-2)14(8-11)26-3/h6-8,24H,4-5,9-10H2,1-3H3/t16-/m1/s1. The number of methoxy groups -OCH3 is 2. The summed E-state index contributed by atoms with van der Waals surface area (Å²) in [4.78, 5) is 12.5. The second kappa shape index (κ2) is 7.53. The number of alkyl halides is 3. The van der Waals surface area contributed by atoms with Crippen LogP contribution in [-0.2, 0) is 11.2 Å². The minimum Gasteiger partial charge on any atom is -0.493 e. The molecular formula is C17H21F3N2O4. The Morgan fingerprint density at radius 3 is 2.50 bits per heavy atom. The van der Waals surface area contributed by atoms with Crippen molar-refractivity contribution >= 4 is 11.6 Å². The monoisotopic (exact) mass is 374 g/mol. The Bertz CT molecular complexity index is 706. The van der Waals surface area contributed by atoms with Gasteiger partial charge in [-0.1, -0.05) is 19.4 Å². The molecule has 0 fully saturated rings. The fraction of sp³-hybridized carbons (Fsp3) is 0.529. The van der Waals surface area contributed by atoms with E-state index >= 15 is 0 Å². The van der Waals surface area contributed by atoms with Gasteiger partial charge in [-0.05, 0) is 24.1 Å². The summed E-state index contributed by atoms with van der Waals surface area (Å²) in [5.74, 6) is -0.177. The van der Waals surface area contributed by atoms with E-state index in [4.69, 9.17) is 9.47 Å². The number of halogens is 3. The molecule has 1 aliphatic rings. The normalized spacial score (nSPS) is 20.1. The third-order valence-electron chi connectivity index (χ3n) is 4.07. The van der Waals surface area contributed by atoms with Crippen LogP contribution in [-0.4, -0.2) is 47.9 Å². The number of amides is 1. The second-order valence-electron chi connectivity index (χ2n) is 5.98.